The van der Waals surface area contributed by atoms with E-state index in [1.807, 2.05) is 0 Å². The maximum atomic E-state index is 6.30. The molecule has 0 aliphatic carbocycles. The van der Waals surface area contributed by atoms with Gasteiger partial charge in [0, 0.05) is 25.3 Å². The molecule has 104 valence electrons. The summed E-state index contributed by atoms with van der Waals surface area (Å²) >= 11 is 0. The number of piperidine rings is 1. The molecule has 2 heterocycles. The molecule has 0 spiro atoms. The van der Waals surface area contributed by atoms with E-state index in [2.05, 4.69) is 42.4 Å². The highest BCUT2D eigenvalue weighted by Gasteiger charge is 2.30. The van der Waals surface area contributed by atoms with Gasteiger partial charge in [-0.2, -0.15) is 0 Å². The predicted molar refractivity (Wildman–Crippen MR) is 79.0 cm³/mol. The summed E-state index contributed by atoms with van der Waals surface area (Å²) in [4.78, 5) is 2.38. The lowest BCUT2D eigenvalue weighted by molar-refractivity contribution is 0.0240. The van der Waals surface area contributed by atoms with Gasteiger partial charge in [0.2, 0.25) is 0 Å². The van der Waals surface area contributed by atoms with Crippen molar-refractivity contribution in [2.24, 2.45) is 0 Å². The van der Waals surface area contributed by atoms with E-state index in [1.54, 1.807) is 0 Å². The van der Waals surface area contributed by atoms with Gasteiger partial charge in [-0.25, -0.2) is 0 Å². The Morgan fingerprint density at radius 3 is 2.84 bits per heavy atom. The molecule has 1 N–H and O–H groups in total. The average Bonchev–Trinajstić information content (AvgIpc) is 2.42. The summed E-state index contributed by atoms with van der Waals surface area (Å²) in [7, 11) is 2.18. The Morgan fingerprint density at radius 1 is 1.26 bits per heavy atom. The first-order valence-corrected chi connectivity index (χ1v) is 7.39. The highest BCUT2D eigenvalue weighted by atomic mass is 16.5. The Kier molecular flexibility index (Phi) is 3.40. The Morgan fingerprint density at radius 2 is 2.05 bits per heavy atom. The molecule has 0 bridgehead atoms. The third-order valence-corrected chi connectivity index (χ3v) is 4.42. The lowest BCUT2D eigenvalue weighted by atomic mass is 9.93. The molecule has 0 atom stereocenters. The molecule has 1 saturated heterocycles. The second kappa shape index (κ2) is 5.04. The minimum Gasteiger partial charge on any atom is -0.487 e. The van der Waals surface area contributed by atoms with Crippen LogP contribution in [0.25, 0.3) is 0 Å². The van der Waals surface area contributed by atoms with Crippen molar-refractivity contribution < 1.29 is 4.74 Å². The van der Waals surface area contributed by atoms with E-state index >= 15 is 0 Å². The zero-order valence-corrected chi connectivity index (χ0v) is 12.0. The van der Waals surface area contributed by atoms with Crippen molar-refractivity contribution >= 4 is 5.69 Å². The lowest BCUT2D eigenvalue weighted by Crippen LogP contribution is -2.44. The van der Waals surface area contributed by atoms with Crippen molar-refractivity contribution in [2.75, 3.05) is 32.0 Å². The average molecular weight is 260 g/mol. The number of aryl methyl sites for hydroxylation is 1. The highest BCUT2D eigenvalue weighted by molar-refractivity contribution is 5.55. The van der Waals surface area contributed by atoms with Gasteiger partial charge in [0.1, 0.15) is 11.4 Å². The topological polar surface area (TPSA) is 24.5 Å². The molecule has 3 rings (SSSR count). The van der Waals surface area contributed by atoms with E-state index in [0.717, 1.165) is 38.2 Å². The summed E-state index contributed by atoms with van der Waals surface area (Å²) in [6.07, 6.45) is 4.61. The SMILES string of the molecule is CN1CCC(C)(Oc2ccc3c(c2)CCCN3)CC1. The summed E-state index contributed by atoms with van der Waals surface area (Å²) in [6, 6.07) is 6.51. The standard InChI is InChI=1S/C16H24N2O/c1-16(7-10-18(2)11-8-16)19-14-5-6-15-13(12-14)4-3-9-17-15/h5-6,12,17H,3-4,7-11H2,1-2H3. The number of anilines is 1. The van der Waals surface area contributed by atoms with Gasteiger partial charge in [0.25, 0.3) is 0 Å². The minimum atomic E-state index is 0.00282. The van der Waals surface area contributed by atoms with Gasteiger partial charge in [0.05, 0.1) is 0 Å². The Balaban J connectivity index is 1.72. The monoisotopic (exact) mass is 260 g/mol. The van der Waals surface area contributed by atoms with Crippen LogP contribution in [0.1, 0.15) is 31.7 Å². The molecular formula is C16H24N2O. The molecule has 2 aliphatic rings. The zero-order chi connectivity index (χ0) is 13.3. The predicted octanol–water partition coefficient (Wildman–Crippen LogP) is 2.91. The maximum absolute atomic E-state index is 6.30. The van der Waals surface area contributed by atoms with E-state index in [9.17, 15) is 0 Å². The van der Waals surface area contributed by atoms with Crippen LogP contribution in [0, 0.1) is 0 Å². The van der Waals surface area contributed by atoms with Gasteiger partial charge >= 0.3 is 0 Å². The molecule has 0 aromatic heterocycles. The number of rotatable bonds is 2. The summed E-state index contributed by atoms with van der Waals surface area (Å²) in [5.74, 6) is 1.04. The molecule has 3 nitrogen and oxygen atoms in total. The summed E-state index contributed by atoms with van der Waals surface area (Å²) < 4.78 is 6.30. The van der Waals surface area contributed by atoms with Crippen LogP contribution in [0.4, 0.5) is 5.69 Å². The number of nitrogens with zero attached hydrogens (tertiary/aromatic N) is 1. The summed E-state index contributed by atoms with van der Waals surface area (Å²) in [5, 5.41) is 3.45. The van der Waals surface area contributed by atoms with Gasteiger partial charge in [-0.1, -0.05) is 0 Å². The van der Waals surface area contributed by atoms with E-state index in [0.29, 0.717) is 0 Å². The summed E-state index contributed by atoms with van der Waals surface area (Å²) in [6.45, 7) is 5.60. The van der Waals surface area contributed by atoms with Crippen LogP contribution in [0.3, 0.4) is 0 Å². The van der Waals surface area contributed by atoms with E-state index in [1.165, 1.54) is 24.1 Å². The van der Waals surface area contributed by atoms with Crippen LogP contribution in [-0.4, -0.2) is 37.2 Å². The van der Waals surface area contributed by atoms with Crippen molar-refractivity contribution in [3.63, 3.8) is 0 Å². The number of likely N-dealkylation sites (tertiary alicyclic amines) is 1. The molecule has 1 aromatic rings. The molecule has 0 amide bonds. The Hall–Kier alpha value is -1.22. The van der Waals surface area contributed by atoms with Crippen LogP contribution >= 0.6 is 0 Å². The molecule has 3 heteroatoms. The van der Waals surface area contributed by atoms with Crippen molar-refractivity contribution in [3.8, 4) is 5.75 Å². The van der Waals surface area contributed by atoms with Crippen LogP contribution in [0.15, 0.2) is 18.2 Å². The number of fused-ring (bicyclic) bond motifs is 1. The normalized spacial score (nSPS) is 22.4. The number of hydrogen-bond acceptors (Lipinski definition) is 3. The first-order valence-electron chi connectivity index (χ1n) is 7.39. The lowest BCUT2D eigenvalue weighted by Gasteiger charge is -2.38. The van der Waals surface area contributed by atoms with Gasteiger partial charge in [-0.15, -0.1) is 0 Å². The van der Waals surface area contributed by atoms with E-state index in [-0.39, 0.29) is 5.60 Å². The molecule has 19 heavy (non-hydrogen) atoms. The summed E-state index contributed by atoms with van der Waals surface area (Å²) in [5.41, 5.74) is 2.69. The maximum Gasteiger partial charge on any atom is 0.120 e. The first-order chi connectivity index (χ1) is 9.15. The molecule has 2 aliphatic heterocycles. The molecule has 1 aromatic carbocycles. The second-order valence-electron chi connectivity index (χ2n) is 6.20. The first kappa shape index (κ1) is 12.8. The van der Waals surface area contributed by atoms with E-state index in [4.69, 9.17) is 4.74 Å². The molecule has 0 saturated carbocycles. The van der Waals surface area contributed by atoms with Crippen molar-refractivity contribution in [3.05, 3.63) is 23.8 Å². The fraction of sp³-hybridized carbons (Fsp3) is 0.625. The Labute approximate surface area is 115 Å². The largest absolute Gasteiger partial charge is 0.487 e. The van der Waals surface area contributed by atoms with Crippen LogP contribution < -0.4 is 10.1 Å². The third-order valence-electron chi connectivity index (χ3n) is 4.42. The van der Waals surface area contributed by atoms with Crippen LogP contribution in [0.5, 0.6) is 5.75 Å². The fourth-order valence-electron chi connectivity index (χ4n) is 2.99. The quantitative estimate of drug-likeness (QED) is 0.885. The molecule has 1 fully saturated rings. The number of ether oxygens (including phenoxy) is 1. The Bertz CT molecular complexity index is 450. The number of hydrogen-bond donors (Lipinski definition) is 1. The van der Waals surface area contributed by atoms with Crippen LogP contribution in [0.2, 0.25) is 0 Å². The zero-order valence-electron chi connectivity index (χ0n) is 12.0. The minimum absolute atomic E-state index is 0.00282. The third kappa shape index (κ3) is 2.86. The highest BCUT2D eigenvalue weighted by Crippen LogP contribution is 2.31. The molecule has 0 radical (unpaired) electrons. The van der Waals surface area contributed by atoms with Gasteiger partial charge in [-0.05, 0) is 63.4 Å². The van der Waals surface area contributed by atoms with Gasteiger partial charge < -0.3 is 15.0 Å². The molecular weight excluding hydrogens is 236 g/mol. The number of nitrogens with one attached hydrogen (secondary N) is 1. The van der Waals surface area contributed by atoms with E-state index < -0.39 is 0 Å². The second-order valence-corrected chi connectivity index (χ2v) is 6.20. The van der Waals surface area contributed by atoms with Crippen molar-refractivity contribution in [1.82, 2.24) is 4.90 Å². The van der Waals surface area contributed by atoms with Crippen LogP contribution in [-0.2, 0) is 6.42 Å². The fourth-order valence-corrected chi connectivity index (χ4v) is 2.99. The van der Waals surface area contributed by atoms with Crippen molar-refractivity contribution in [2.45, 2.75) is 38.2 Å². The van der Waals surface area contributed by atoms with Crippen molar-refractivity contribution in [1.29, 1.82) is 0 Å². The van der Waals surface area contributed by atoms with Gasteiger partial charge in [-0.3, -0.25) is 0 Å². The smallest absolute Gasteiger partial charge is 0.120 e. The molecule has 0 unspecified atom stereocenters. The van der Waals surface area contributed by atoms with Gasteiger partial charge in [0.15, 0.2) is 0 Å². The number of benzene rings is 1.